The van der Waals surface area contributed by atoms with Crippen molar-refractivity contribution in [2.45, 2.75) is 59.3 Å². The highest BCUT2D eigenvalue weighted by atomic mass is 19.3. The zero-order valence-electron chi connectivity index (χ0n) is 8.49. The molecule has 0 aromatic carbocycles. The fourth-order valence-corrected chi connectivity index (χ4v) is 0.250. The Morgan fingerprint density at radius 1 is 0.833 bits per heavy atom. The van der Waals surface area contributed by atoms with Crippen LogP contribution in [0.4, 0.5) is 13.5 Å². The Hall–Kier alpha value is -0.210. The molecule has 0 aromatic rings. The van der Waals surface area contributed by atoms with E-state index in [0.29, 0.717) is 0 Å². The summed E-state index contributed by atoms with van der Waals surface area (Å²) in [6.45, 7) is 7.34. The fourth-order valence-electron chi connectivity index (χ4n) is 0.250. The summed E-state index contributed by atoms with van der Waals surface area (Å²) in [5.74, 6) is -2.42. The average molecular weight is 186 g/mol. The van der Waals surface area contributed by atoms with Gasteiger partial charge in [-0.3, -0.25) is 4.70 Å². The third-order valence-corrected chi connectivity index (χ3v) is 1.53. The van der Waals surface area contributed by atoms with Crippen molar-refractivity contribution in [3.8, 4) is 0 Å². The zero-order valence-corrected chi connectivity index (χ0v) is 8.49. The van der Waals surface area contributed by atoms with Crippen molar-refractivity contribution in [2.24, 2.45) is 0 Å². The van der Waals surface area contributed by atoms with E-state index in [1.54, 1.807) is 0 Å². The van der Waals surface area contributed by atoms with Gasteiger partial charge in [0.05, 0.1) is 0 Å². The molecule has 0 N–H and O–H groups in total. The largest absolute Gasteiger partial charge is 0.269 e. The maximum Gasteiger partial charge on any atom is 0.247 e. The van der Waals surface area contributed by atoms with Crippen LogP contribution in [-0.4, -0.2) is 5.92 Å². The van der Waals surface area contributed by atoms with Crippen LogP contribution in [0.2, 0.25) is 0 Å². The van der Waals surface area contributed by atoms with Gasteiger partial charge in [0.15, 0.2) is 0 Å². The van der Waals surface area contributed by atoms with E-state index in [4.69, 9.17) is 0 Å². The zero-order chi connectivity index (χ0) is 9.33. The number of halogens is 3. The minimum atomic E-state index is -2.42. The van der Waals surface area contributed by atoms with Gasteiger partial charge in [-0.25, -0.2) is 8.78 Å². The van der Waals surface area contributed by atoms with Crippen LogP contribution in [0, 0.1) is 0 Å². The van der Waals surface area contributed by atoms with Crippen molar-refractivity contribution in [2.75, 3.05) is 0 Å². The van der Waals surface area contributed by atoms with Crippen molar-refractivity contribution in [1.82, 2.24) is 0 Å². The molecule has 0 aliphatic carbocycles. The molecule has 0 amide bonds. The number of rotatable bonds is 3. The average Bonchev–Trinajstić information content (AvgIpc) is 2.05. The van der Waals surface area contributed by atoms with E-state index in [1.807, 2.05) is 0 Å². The van der Waals surface area contributed by atoms with E-state index in [-0.39, 0.29) is 17.5 Å². The minimum Gasteiger partial charge on any atom is -0.269 e. The fraction of sp³-hybridized carbons (Fsp3) is 1.00. The molecule has 0 bridgehead atoms. The maximum atomic E-state index is 11.9. The summed E-state index contributed by atoms with van der Waals surface area (Å²) in [6, 6.07) is 0. The van der Waals surface area contributed by atoms with Gasteiger partial charge in [0.1, 0.15) is 0 Å². The summed E-state index contributed by atoms with van der Waals surface area (Å²) in [6.07, 6.45) is 2.56. The summed E-state index contributed by atoms with van der Waals surface area (Å²) in [5, 5.41) is 0. The van der Waals surface area contributed by atoms with Crippen molar-refractivity contribution in [3.63, 3.8) is 0 Å². The van der Waals surface area contributed by atoms with Crippen LogP contribution in [0.15, 0.2) is 0 Å². The predicted molar refractivity (Wildman–Crippen MR) is 48.6 cm³/mol. The highest BCUT2D eigenvalue weighted by Gasteiger charge is 2.21. The van der Waals surface area contributed by atoms with Gasteiger partial charge >= 0.3 is 0 Å². The minimum absolute atomic E-state index is 0. The molecule has 0 nitrogen and oxygen atoms in total. The number of hydrogen-bond acceptors (Lipinski definition) is 0. The Labute approximate surface area is 73.7 Å². The van der Waals surface area contributed by atoms with Crippen LogP contribution in [0.3, 0.4) is 0 Å². The smallest absolute Gasteiger partial charge is 0.247 e. The molecular weight excluding hydrogens is 165 g/mol. The molecule has 0 unspecified atom stereocenters. The topological polar surface area (TPSA) is 0 Å². The molecule has 0 spiro atoms. The third kappa shape index (κ3) is 16.4. The van der Waals surface area contributed by atoms with E-state index in [1.165, 1.54) is 26.7 Å². The third-order valence-electron chi connectivity index (χ3n) is 1.53. The van der Waals surface area contributed by atoms with Crippen molar-refractivity contribution >= 4 is 0 Å². The van der Waals surface area contributed by atoms with Crippen LogP contribution in [-0.2, 0) is 0 Å². The first-order chi connectivity index (χ1) is 5.04. The quantitative estimate of drug-likeness (QED) is 0.612. The molecule has 0 saturated carbocycles. The molecule has 0 saturated heterocycles. The van der Waals surface area contributed by atoms with E-state index in [0.717, 1.165) is 0 Å². The predicted octanol–water partition coefficient (Wildman–Crippen LogP) is 4.40. The molecule has 0 aromatic heterocycles. The second-order valence-corrected chi connectivity index (χ2v) is 2.56. The molecule has 0 radical (unpaired) electrons. The van der Waals surface area contributed by atoms with Gasteiger partial charge < -0.3 is 0 Å². The Morgan fingerprint density at radius 3 is 1.08 bits per heavy atom. The van der Waals surface area contributed by atoms with E-state index in [2.05, 4.69) is 13.8 Å². The van der Waals surface area contributed by atoms with Crippen molar-refractivity contribution in [3.05, 3.63) is 0 Å². The van der Waals surface area contributed by atoms with E-state index in [9.17, 15) is 8.78 Å². The molecular formula is C9H21F3. The van der Waals surface area contributed by atoms with Gasteiger partial charge in [-0.1, -0.05) is 40.5 Å². The first-order valence-electron chi connectivity index (χ1n) is 4.41. The monoisotopic (exact) mass is 186 g/mol. The van der Waals surface area contributed by atoms with Crippen LogP contribution in [0.5, 0.6) is 0 Å². The number of hydrogen-bond donors (Lipinski definition) is 0. The Bertz CT molecular complexity index is 64.2. The Kier molecular flexibility index (Phi) is 16.0. The molecule has 0 aliphatic heterocycles. The highest BCUT2D eigenvalue weighted by molar-refractivity contribution is 4.57. The van der Waals surface area contributed by atoms with Crippen molar-refractivity contribution < 1.29 is 13.5 Å². The second-order valence-electron chi connectivity index (χ2n) is 2.56. The summed E-state index contributed by atoms with van der Waals surface area (Å²) >= 11 is 0. The summed E-state index contributed by atoms with van der Waals surface area (Å²) in [7, 11) is 0. The lowest BCUT2D eigenvalue weighted by molar-refractivity contribution is -0.00646. The normalized spacial score (nSPS) is 9.50. The first kappa shape index (κ1) is 17.8. The number of unbranched alkanes of at least 4 members (excludes halogenated alkanes) is 1. The van der Waals surface area contributed by atoms with Crippen LogP contribution in [0.25, 0.3) is 0 Å². The molecule has 0 atom stereocenters. The van der Waals surface area contributed by atoms with Crippen LogP contribution >= 0.6 is 0 Å². The van der Waals surface area contributed by atoms with Crippen molar-refractivity contribution in [1.29, 1.82) is 0 Å². The second kappa shape index (κ2) is 10.8. The van der Waals surface area contributed by atoms with Gasteiger partial charge in [0.2, 0.25) is 5.92 Å². The summed E-state index contributed by atoms with van der Waals surface area (Å²) in [5.41, 5.74) is 0. The first-order valence-corrected chi connectivity index (χ1v) is 4.41. The summed E-state index contributed by atoms with van der Waals surface area (Å²) < 4.78 is 23.8. The van der Waals surface area contributed by atoms with Gasteiger partial charge in [0.25, 0.3) is 0 Å². The lowest BCUT2D eigenvalue weighted by Gasteiger charge is -2.08. The van der Waals surface area contributed by atoms with Gasteiger partial charge in [0, 0.05) is 12.8 Å². The van der Waals surface area contributed by atoms with Gasteiger partial charge in [-0.15, -0.1) is 0 Å². The molecule has 0 heterocycles. The molecule has 0 fully saturated rings. The lowest BCUT2D eigenvalue weighted by Crippen LogP contribution is -2.10. The van der Waals surface area contributed by atoms with E-state index >= 15 is 0 Å². The standard InChI is InChI=1S/C5H10F2.C4H10.FH/c1-3-5(6,7)4-2;1-3-4-2;/h3-4H2,1-2H3;3-4H2,1-2H3;1H. The Morgan fingerprint density at radius 2 is 1.08 bits per heavy atom. The van der Waals surface area contributed by atoms with Gasteiger partial charge in [-0.05, 0) is 0 Å². The van der Waals surface area contributed by atoms with Gasteiger partial charge in [-0.2, -0.15) is 0 Å². The molecule has 0 rings (SSSR count). The lowest BCUT2D eigenvalue weighted by atomic mass is 10.2. The van der Waals surface area contributed by atoms with Crippen LogP contribution in [0.1, 0.15) is 53.4 Å². The maximum absolute atomic E-state index is 11.9. The SMILES string of the molecule is CCC(F)(F)CC.CCCC.F. The number of alkyl halides is 2. The van der Waals surface area contributed by atoms with Crippen LogP contribution < -0.4 is 0 Å². The molecule has 3 heteroatoms. The molecule has 78 valence electrons. The van der Waals surface area contributed by atoms with E-state index < -0.39 is 5.92 Å². The molecule has 0 aliphatic rings. The molecule has 12 heavy (non-hydrogen) atoms. The Balaban J connectivity index is -0.000000142. The summed E-state index contributed by atoms with van der Waals surface area (Å²) in [4.78, 5) is 0. The highest BCUT2D eigenvalue weighted by Crippen LogP contribution is 2.20.